The van der Waals surface area contributed by atoms with E-state index in [9.17, 15) is 9.00 Å². The van der Waals surface area contributed by atoms with Gasteiger partial charge in [-0.05, 0) is 42.6 Å². The van der Waals surface area contributed by atoms with Crippen molar-refractivity contribution in [2.24, 2.45) is 4.36 Å². The number of amides is 1. The van der Waals surface area contributed by atoms with Crippen LogP contribution in [0, 0.1) is 0 Å². The predicted octanol–water partition coefficient (Wildman–Crippen LogP) is 3.97. The Hall–Kier alpha value is -3.02. The summed E-state index contributed by atoms with van der Waals surface area (Å²) in [7, 11) is -2.91. The molecule has 0 aliphatic heterocycles. The molecule has 0 aliphatic carbocycles. The van der Waals surface area contributed by atoms with E-state index in [1.54, 1.807) is 48.7 Å². The van der Waals surface area contributed by atoms with Crippen molar-refractivity contribution in [1.82, 2.24) is 9.97 Å². The van der Waals surface area contributed by atoms with Crippen molar-refractivity contribution in [2.75, 3.05) is 36.6 Å². The Kier molecular flexibility index (Phi) is 7.55. The molecular weight excluding hydrogens is 438 g/mol. The van der Waals surface area contributed by atoms with Crippen LogP contribution in [0.1, 0.15) is 6.92 Å². The Morgan fingerprint density at radius 1 is 1.29 bits per heavy atom. The van der Waals surface area contributed by atoms with Crippen molar-refractivity contribution in [3.8, 4) is 10.4 Å². The summed E-state index contributed by atoms with van der Waals surface area (Å²) in [4.78, 5) is 21.9. The predicted molar refractivity (Wildman–Crippen MR) is 122 cm³/mol. The molecule has 0 fully saturated rings. The number of carbonyl (C=O) groups excluding carboxylic acids is 1. The molecule has 0 radical (unpaired) electrons. The van der Waals surface area contributed by atoms with E-state index in [4.69, 9.17) is 9.84 Å². The molecule has 0 saturated heterocycles. The molecular formula is C20H23N5O4S2. The van der Waals surface area contributed by atoms with Gasteiger partial charge in [-0.25, -0.2) is 14.0 Å². The summed E-state index contributed by atoms with van der Waals surface area (Å²) in [6.45, 7) is 2.16. The summed E-state index contributed by atoms with van der Waals surface area (Å²) in [6, 6.07) is 10.6. The van der Waals surface area contributed by atoms with E-state index in [0.717, 1.165) is 10.4 Å². The van der Waals surface area contributed by atoms with Gasteiger partial charge in [-0.1, -0.05) is 6.07 Å². The minimum absolute atomic E-state index is 0.0226. The number of benzene rings is 1. The number of nitrogens with one attached hydrogen (secondary N) is 2. The van der Waals surface area contributed by atoms with Crippen LogP contribution in [-0.2, 0) is 14.5 Å². The molecule has 0 bridgehead atoms. The number of hydrogen-bond acceptors (Lipinski definition) is 9. The molecule has 1 amide bonds. The highest BCUT2D eigenvalue weighted by atomic mass is 32.2. The van der Waals surface area contributed by atoms with Gasteiger partial charge in [0.25, 0.3) is 0 Å². The summed E-state index contributed by atoms with van der Waals surface area (Å²) in [6.07, 6.45) is 2.25. The Morgan fingerprint density at radius 2 is 2.06 bits per heavy atom. The highest BCUT2D eigenvalue weighted by Gasteiger charge is 2.12. The number of rotatable bonds is 8. The van der Waals surface area contributed by atoms with Crippen molar-refractivity contribution in [1.29, 1.82) is 0 Å². The van der Waals surface area contributed by atoms with Gasteiger partial charge in [0.2, 0.25) is 5.95 Å². The molecule has 11 heteroatoms. The molecule has 3 N–H and O–H groups in total. The lowest BCUT2D eigenvalue weighted by atomic mass is 10.2. The number of carbonyl (C=O) groups is 1. The molecule has 1 unspecified atom stereocenters. The SMILES string of the molecule is CCOC(=O)N=S(C)(=O)c1ccc(Nc2ncc(-c3cccs3)c(NCCO)n2)cc1. The van der Waals surface area contributed by atoms with Crippen LogP contribution in [0.3, 0.4) is 0 Å². The molecule has 0 spiro atoms. The minimum Gasteiger partial charge on any atom is -0.448 e. The Morgan fingerprint density at radius 3 is 2.71 bits per heavy atom. The molecule has 0 aliphatic rings. The van der Waals surface area contributed by atoms with Crippen LogP contribution in [0.4, 0.5) is 22.2 Å². The normalized spacial score (nSPS) is 12.6. The zero-order chi connectivity index (χ0) is 22.3. The zero-order valence-electron chi connectivity index (χ0n) is 17.1. The van der Waals surface area contributed by atoms with Crippen molar-refractivity contribution in [3.63, 3.8) is 0 Å². The van der Waals surface area contributed by atoms with Gasteiger partial charge in [0.1, 0.15) is 5.82 Å². The van der Waals surface area contributed by atoms with E-state index in [2.05, 4.69) is 25.0 Å². The third-order valence-corrected chi connectivity index (χ3v) is 6.59. The molecule has 0 saturated carbocycles. The largest absolute Gasteiger partial charge is 0.448 e. The molecule has 9 nitrogen and oxygen atoms in total. The summed E-state index contributed by atoms with van der Waals surface area (Å²) >= 11 is 1.57. The van der Waals surface area contributed by atoms with Gasteiger partial charge < -0.3 is 20.5 Å². The van der Waals surface area contributed by atoms with Crippen LogP contribution >= 0.6 is 11.3 Å². The average Bonchev–Trinajstić information content (AvgIpc) is 3.27. The summed E-state index contributed by atoms with van der Waals surface area (Å²) in [5.41, 5.74) is 1.52. The molecule has 1 atom stereocenters. The molecule has 3 aromatic rings. The van der Waals surface area contributed by atoms with Crippen LogP contribution in [0.2, 0.25) is 0 Å². The van der Waals surface area contributed by atoms with Crippen LogP contribution in [0.5, 0.6) is 0 Å². The second-order valence-corrected chi connectivity index (χ2v) is 9.53. The zero-order valence-corrected chi connectivity index (χ0v) is 18.7. The molecule has 164 valence electrons. The first-order valence-corrected chi connectivity index (χ1v) is 12.2. The molecule has 1 aromatic carbocycles. The number of aliphatic hydroxyl groups excluding tert-OH is 1. The average molecular weight is 462 g/mol. The second kappa shape index (κ2) is 10.3. The van der Waals surface area contributed by atoms with Gasteiger partial charge in [0.15, 0.2) is 0 Å². The number of nitrogens with zero attached hydrogens (tertiary/aromatic N) is 3. The Balaban J connectivity index is 1.81. The van der Waals surface area contributed by atoms with Gasteiger partial charge >= 0.3 is 6.09 Å². The first-order valence-electron chi connectivity index (χ1n) is 9.44. The first-order chi connectivity index (χ1) is 14.9. The number of ether oxygens (including phenoxy) is 1. The van der Waals surface area contributed by atoms with Crippen molar-refractivity contribution in [2.45, 2.75) is 11.8 Å². The van der Waals surface area contributed by atoms with Gasteiger partial charge in [0, 0.05) is 34.5 Å². The van der Waals surface area contributed by atoms with Gasteiger partial charge in [0.05, 0.1) is 28.5 Å². The van der Waals surface area contributed by atoms with Crippen LogP contribution in [0.25, 0.3) is 10.4 Å². The number of aliphatic hydroxyl groups is 1. The monoisotopic (exact) mass is 461 g/mol. The highest BCUT2D eigenvalue weighted by molar-refractivity contribution is 7.93. The van der Waals surface area contributed by atoms with E-state index in [1.165, 1.54) is 6.26 Å². The van der Waals surface area contributed by atoms with E-state index in [-0.39, 0.29) is 13.2 Å². The summed E-state index contributed by atoms with van der Waals surface area (Å²) in [5, 5.41) is 17.3. The molecule has 2 aromatic heterocycles. The lowest BCUT2D eigenvalue weighted by Gasteiger charge is -2.12. The summed E-state index contributed by atoms with van der Waals surface area (Å²) < 4.78 is 21.1. The lowest BCUT2D eigenvalue weighted by molar-refractivity contribution is 0.164. The van der Waals surface area contributed by atoms with Crippen molar-refractivity contribution < 1.29 is 18.8 Å². The minimum atomic E-state index is -2.91. The number of aromatic nitrogens is 2. The highest BCUT2D eigenvalue weighted by Crippen LogP contribution is 2.31. The fourth-order valence-corrected chi connectivity index (χ4v) is 4.45. The molecule has 2 heterocycles. The van der Waals surface area contributed by atoms with Crippen molar-refractivity contribution >= 4 is 44.6 Å². The number of hydrogen-bond donors (Lipinski definition) is 3. The fraction of sp³-hybridized carbons (Fsp3) is 0.250. The fourth-order valence-electron chi connectivity index (χ4n) is 2.63. The molecule has 31 heavy (non-hydrogen) atoms. The van der Waals surface area contributed by atoms with Gasteiger partial charge in [-0.2, -0.15) is 4.98 Å². The van der Waals surface area contributed by atoms with Crippen LogP contribution < -0.4 is 10.6 Å². The van der Waals surface area contributed by atoms with E-state index in [0.29, 0.717) is 28.9 Å². The smallest absolute Gasteiger partial charge is 0.442 e. The van der Waals surface area contributed by atoms with Crippen LogP contribution in [-0.4, -0.2) is 51.4 Å². The summed E-state index contributed by atoms with van der Waals surface area (Å²) in [5.74, 6) is 0.970. The quantitative estimate of drug-likeness (QED) is 0.460. The van der Waals surface area contributed by atoms with E-state index < -0.39 is 15.8 Å². The van der Waals surface area contributed by atoms with Gasteiger partial charge in [-0.3, -0.25) is 0 Å². The maximum absolute atomic E-state index is 12.7. The maximum Gasteiger partial charge on any atom is 0.442 e. The Labute approximate surface area is 184 Å². The molecule has 3 rings (SSSR count). The first kappa shape index (κ1) is 22.7. The second-order valence-electron chi connectivity index (χ2n) is 6.33. The Bertz CT molecular complexity index is 1140. The number of anilines is 3. The maximum atomic E-state index is 12.7. The van der Waals surface area contributed by atoms with Crippen LogP contribution in [0.15, 0.2) is 57.2 Å². The third kappa shape index (κ3) is 6.00. The number of thiophene rings is 1. The lowest BCUT2D eigenvalue weighted by Crippen LogP contribution is -2.10. The van der Waals surface area contributed by atoms with E-state index in [1.807, 2.05) is 17.5 Å². The van der Waals surface area contributed by atoms with Gasteiger partial charge in [-0.15, -0.1) is 15.7 Å². The third-order valence-electron chi connectivity index (χ3n) is 4.04. The topological polar surface area (TPSA) is 126 Å². The standard InChI is InChI=1S/C20H23N5O4S2/c1-3-29-20(27)25-31(2,28)15-8-6-14(7-9-15)23-19-22-13-16(17-5-4-12-30-17)18(24-19)21-10-11-26/h4-9,12-13,26H,3,10-11H2,1-2H3,(H2,21,22,23,24). The van der Waals surface area contributed by atoms with Crippen molar-refractivity contribution in [3.05, 3.63) is 48.0 Å². The van der Waals surface area contributed by atoms with E-state index >= 15 is 0 Å².